The molecule has 1 aromatic carbocycles. The summed E-state index contributed by atoms with van der Waals surface area (Å²) in [7, 11) is 0. The van der Waals surface area contributed by atoms with Crippen molar-refractivity contribution < 1.29 is 4.74 Å². The third-order valence-electron chi connectivity index (χ3n) is 3.09. The van der Waals surface area contributed by atoms with Gasteiger partial charge in [-0.2, -0.15) is 14.9 Å². The minimum atomic E-state index is 0.335. The molecule has 0 bridgehead atoms. The number of hydrogen-bond donors (Lipinski definition) is 0. The molecule has 104 valence electrons. The van der Waals surface area contributed by atoms with Gasteiger partial charge in [0.25, 0.3) is 0 Å². The normalized spacial score (nSPS) is 10.6. The van der Waals surface area contributed by atoms with E-state index in [1.165, 1.54) is 0 Å². The van der Waals surface area contributed by atoms with Crippen molar-refractivity contribution in [1.29, 1.82) is 5.26 Å². The van der Waals surface area contributed by atoms with E-state index in [1.54, 1.807) is 35.0 Å². The van der Waals surface area contributed by atoms with Gasteiger partial charge in [0, 0.05) is 12.1 Å². The Hall–Kier alpha value is -2.58. The highest BCUT2D eigenvalue weighted by molar-refractivity contribution is 6.29. The Morgan fingerprint density at radius 2 is 1.95 bits per heavy atom. The predicted molar refractivity (Wildman–Crippen MR) is 78.7 cm³/mol. The van der Waals surface area contributed by atoms with Gasteiger partial charge in [-0.15, -0.1) is 0 Å². The van der Waals surface area contributed by atoms with Crippen LogP contribution in [0.4, 0.5) is 0 Å². The highest BCUT2D eigenvalue weighted by atomic mass is 35.5. The van der Waals surface area contributed by atoms with Gasteiger partial charge < -0.3 is 4.74 Å². The summed E-state index contributed by atoms with van der Waals surface area (Å²) < 4.78 is 7.53. The van der Waals surface area contributed by atoms with Crippen LogP contribution < -0.4 is 4.74 Å². The summed E-state index contributed by atoms with van der Waals surface area (Å²) in [5, 5.41) is 13.5. The molecule has 0 aliphatic heterocycles. The smallest absolute Gasteiger partial charge is 0.225 e. The number of aryl methyl sites for hydroxylation is 2. The molecule has 2 heterocycles. The molecule has 3 aromatic rings. The monoisotopic (exact) mass is 298 g/mol. The Morgan fingerprint density at radius 3 is 2.62 bits per heavy atom. The number of fused-ring (bicyclic) bond motifs is 1. The number of halogens is 1. The first-order valence-corrected chi connectivity index (χ1v) is 6.66. The van der Waals surface area contributed by atoms with Crippen molar-refractivity contribution in [3.63, 3.8) is 0 Å². The summed E-state index contributed by atoms with van der Waals surface area (Å²) in [5.74, 6) is 1.17. The van der Waals surface area contributed by atoms with Gasteiger partial charge >= 0.3 is 0 Å². The third-order valence-corrected chi connectivity index (χ3v) is 3.29. The van der Waals surface area contributed by atoms with Gasteiger partial charge in [0.05, 0.1) is 17.8 Å². The molecule has 5 nitrogen and oxygen atoms in total. The van der Waals surface area contributed by atoms with Gasteiger partial charge in [-0.3, -0.25) is 0 Å². The molecule has 0 saturated heterocycles. The molecule has 0 spiro atoms. The van der Waals surface area contributed by atoms with E-state index in [9.17, 15) is 0 Å². The van der Waals surface area contributed by atoms with Crippen LogP contribution in [0.15, 0.2) is 30.5 Å². The number of rotatable bonds is 2. The van der Waals surface area contributed by atoms with Crippen molar-refractivity contribution in [3.05, 3.63) is 52.3 Å². The molecule has 0 saturated carbocycles. The van der Waals surface area contributed by atoms with Crippen molar-refractivity contribution >= 4 is 17.2 Å². The Kier molecular flexibility index (Phi) is 3.24. The number of nitriles is 1. The van der Waals surface area contributed by atoms with E-state index in [1.807, 2.05) is 13.8 Å². The van der Waals surface area contributed by atoms with E-state index in [2.05, 4.69) is 16.2 Å². The quantitative estimate of drug-likeness (QED) is 0.677. The molecule has 21 heavy (non-hydrogen) atoms. The van der Waals surface area contributed by atoms with E-state index < -0.39 is 0 Å². The summed E-state index contributed by atoms with van der Waals surface area (Å²) in [6.07, 6.45) is 1.63. The van der Waals surface area contributed by atoms with Gasteiger partial charge in [0.15, 0.2) is 5.65 Å². The SMILES string of the molecule is Cc1cc(C#N)cc(C)c1Oc1cc(Cl)nc2ccnn12. The molecular weight excluding hydrogens is 288 g/mol. The maximum atomic E-state index is 8.99. The number of hydrogen-bond acceptors (Lipinski definition) is 4. The molecule has 0 fully saturated rings. The lowest BCUT2D eigenvalue weighted by atomic mass is 10.1. The highest BCUT2D eigenvalue weighted by Crippen LogP contribution is 2.30. The van der Waals surface area contributed by atoms with E-state index in [0.717, 1.165) is 11.1 Å². The van der Waals surface area contributed by atoms with Crippen LogP contribution in [0.1, 0.15) is 16.7 Å². The van der Waals surface area contributed by atoms with Crippen LogP contribution >= 0.6 is 11.6 Å². The lowest BCUT2D eigenvalue weighted by Gasteiger charge is -2.13. The van der Waals surface area contributed by atoms with Gasteiger partial charge in [-0.05, 0) is 37.1 Å². The average Bonchev–Trinajstić information content (AvgIpc) is 2.90. The number of benzene rings is 1. The molecule has 2 aromatic heterocycles. The lowest BCUT2D eigenvalue weighted by Crippen LogP contribution is -2.00. The fraction of sp³-hybridized carbons (Fsp3) is 0.133. The number of nitrogens with zero attached hydrogens (tertiary/aromatic N) is 4. The van der Waals surface area contributed by atoms with E-state index in [4.69, 9.17) is 21.6 Å². The minimum Gasteiger partial charge on any atom is -0.438 e. The largest absolute Gasteiger partial charge is 0.438 e. The van der Waals surface area contributed by atoms with Gasteiger partial charge in [-0.1, -0.05) is 11.6 Å². The van der Waals surface area contributed by atoms with Crippen LogP contribution in [0.2, 0.25) is 5.15 Å². The van der Waals surface area contributed by atoms with Crippen molar-refractivity contribution in [2.75, 3.05) is 0 Å². The molecule has 0 unspecified atom stereocenters. The second-order valence-electron chi connectivity index (χ2n) is 4.67. The second-order valence-corrected chi connectivity index (χ2v) is 5.06. The van der Waals surface area contributed by atoms with Crippen LogP contribution in [-0.4, -0.2) is 14.6 Å². The molecule has 0 amide bonds. The standard InChI is InChI=1S/C15H11ClN4O/c1-9-5-11(8-17)6-10(2)15(9)21-14-7-12(16)19-13-3-4-18-20(13)14/h3-7H,1-2H3. The summed E-state index contributed by atoms with van der Waals surface area (Å²) in [4.78, 5) is 4.15. The molecule has 0 atom stereocenters. The first-order valence-electron chi connectivity index (χ1n) is 6.28. The summed E-state index contributed by atoms with van der Waals surface area (Å²) in [5.41, 5.74) is 2.97. The fourth-order valence-electron chi connectivity index (χ4n) is 2.21. The van der Waals surface area contributed by atoms with Gasteiger partial charge in [-0.25, -0.2) is 4.98 Å². The summed E-state index contributed by atoms with van der Waals surface area (Å²) in [6, 6.07) is 9.05. The molecule has 3 rings (SSSR count). The second kappa shape index (κ2) is 5.08. The Balaban J connectivity index is 2.11. The van der Waals surface area contributed by atoms with E-state index in [0.29, 0.717) is 28.0 Å². The van der Waals surface area contributed by atoms with Gasteiger partial charge in [0.1, 0.15) is 10.9 Å². The van der Waals surface area contributed by atoms with Crippen molar-refractivity contribution in [3.8, 4) is 17.7 Å². The average molecular weight is 299 g/mol. The molecule has 0 N–H and O–H groups in total. The van der Waals surface area contributed by atoms with Crippen molar-refractivity contribution in [2.24, 2.45) is 0 Å². The Labute approximate surface area is 126 Å². The summed E-state index contributed by atoms with van der Waals surface area (Å²) >= 11 is 6.00. The van der Waals surface area contributed by atoms with Crippen LogP contribution in [0.25, 0.3) is 5.65 Å². The lowest BCUT2D eigenvalue weighted by molar-refractivity contribution is 0.440. The zero-order chi connectivity index (χ0) is 15.0. The van der Waals surface area contributed by atoms with Crippen LogP contribution in [0.3, 0.4) is 0 Å². The van der Waals surface area contributed by atoms with Gasteiger partial charge in [0.2, 0.25) is 5.88 Å². The zero-order valence-corrected chi connectivity index (χ0v) is 12.2. The van der Waals surface area contributed by atoms with Crippen molar-refractivity contribution in [2.45, 2.75) is 13.8 Å². The first-order chi connectivity index (χ1) is 10.1. The summed E-state index contributed by atoms with van der Waals surface area (Å²) in [6.45, 7) is 3.79. The van der Waals surface area contributed by atoms with Crippen LogP contribution in [-0.2, 0) is 0 Å². The molecular formula is C15H11ClN4O. The van der Waals surface area contributed by atoms with Crippen molar-refractivity contribution in [1.82, 2.24) is 14.6 Å². The van der Waals surface area contributed by atoms with E-state index >= 15 is 0 Å². The first kappa shape index (κ1) is 13.4. The van der Waals surface area contributed by atoms with E-state index in [-0.39, 0.29) is 0 Å². The predicted octanol–water partition coefficient (Wildman–Crippen LogP) is 3.66. The maximum Gasteiger partial charge on any atom is 0.225 e. The van der Waals surface area contributed by atoms with Crippen LogP contribution in [0.5, 0.6) is 11.6 Å². The third kappa shape index (κ3) is 2.41. The minimum absolute atomic E-state index is 0.335. The van der Waals surface area contributed by atoms with Crippen LogP contribution in [0, 0.1) is 25.2 Å². The fourth-order valence-corrected chi connectivity index (χ4v) is 2.39. The number of aromatic nitrogens is 3. The Morgan fingerprint density at radius 1 is 1.24 bits per heavy atom. The molecule has 0 aliphatic rings. The molecule has 0 radical (unpaired) electrons. The number of ether oxygens (including phenoxy) is 1. The highest BCUT2D eigenvalue weighted by Gasteiger charge is 2.12. The zero-order valence-electron chi connectivity index (χ0n) is 11.5. The topological polar surface area (TPSA) is 63.2 Å². The molecule has 0 aliphatic carbocycles. The molecule has 6 heteroatoms. The Bertz CT molecular complexity index is 856. The maximum absolute atomic E-state index is 8.99.